The number of carbonyl (C=O) groups excluding carboxylic acids is 2. The van der Waals surface area contributed by atoms with Crippen LogP contribution < -0.4 is 20.3 Å². The van der Waals surface area contributed by atoms with Crippen LogP contribution in [0.3, 0.4) is 0 Å². The molecular weight excluding hydrogens is 400 g/mol. The number of carbonyl (C=O) groups is 2. The molecule has 0 spiro atoms. The molecule has 0 saturated heterocycles. The first-order valence-corrected chi connectivity index (χ1v) is 8.73. The second-order valence-corrected chi connectivity index (χ2v) is 6.11. The maximum absolute atomic E-state index is 12.3. The van der Waals surface area contributed by atoms with Crippen LogP contribution in [0.2, 0.25) is 5.02 Å². The minimum atomic E-state index is -0.585. The van der Waals surface area contributed by atoms with Gasteiger partial charge in [-0.05, 0) is 17.3 Å². The molecule has 2 amide bonds. The van der Waals surface area contributed by atoms with Crippen molar-refractivity contribution in [2.45, 2.75) is 6.54 Å². The number of amides is 2. The third-order valence-electron chi connectivity index (χ3n) is 3.78. The third-order valence-corrected chi connectivity index (χ3v) is 4.06. The Kier molecular flexibility index (Phi) is 6.25. The van der Waals surface area contributed by atoms with Gasteiger partial charge < -0.3 is 9.47 Å². The summed E-state index contributed by atoms with van der Waals surface area (Å²) in [6, 6.07) is 12.1. The molecule has 10 nitrogen and oxygen atoms in total. The van der Waals surface area contributed by atoms with E-state index in [9.17, 15) is 9.59 Å². The molecule has 1 aromatic heterocycles. The number of hydrogen-bond donors (Lipinski definition) is 2. The molecule has 0 unspecified atom stereocenters. The second kappa shape index (κ2) is 9.02. The van der Waals surface area contributed by atoms with E-state index in [1.807, 2.05) is 30.3 Å². The monoisotopic (exact) mass is 416 g/mol. The maximum atomic E-state index is 12.3. The Labute approximate surface area is 170 Å². The van der Waals surface area contributed by atoms with Crippen LogP contribution >= 0.6 is 11.6 Å². The molecule has 2 aromatic carbocycles. The lowest BCUT2D eigenvalue weighted by molar-refractivity contribution is -0.122. The number of nitrogens with one attached hydrogen (secondary N) is 2. The van der Waals surface area contributed by atoms with Crippen molar-refractivity contribution in [2.75, 3.05) is 14.2 Å². The van der Waals surface area contributed by atoms with Gasteiger partial charge in [-0.3, -0.25) is 20.4 Å². The molecule has 0 atom stereocenters. The van der Waals surface area contributed by atoms with Gasteiger partial charge in [0, 0.05) is 11.1 Å². The smallest absolute Gasteiger partial charge is 0.269 e. The quantitative estimate of drug-likeness (QED) is 0.584. The first-order valence-electron chi connectivity index (χ1n) is 8.35. The number of nitrogens with zero attached hydrogens (tertiary/aromatic N) is 4. The van der Waals surface area contributed by atoms with Crippen molar-refractivity contribution in [2.24, 2.45) is 0 Å². The van der Waals surface area contributed by atoms with Gasteiger partial charge >= 0.3 is 0 Å². The molecule has 2 N–H and O–H groups in total. The fourth-order valence-electron chi connectivity index (χ4n) is 2.43. The van der Waals surface area contributed by atoms with Gasteiger partial charge in [0.05, 0.1) is 19.2 Å². The average Bonchev–Trinajstić information content (AvgIpc) is 3.20. The van der Waals surface area contributed by atoms with Gasteiger partial charge in [0.2, 0.25) is 5.82 Å². The third kappa shape index (κ3) is 4.79. The van der Waals surface area contributed by atoms with Crippen molar-refractivity contribution in [1.82, 2.24) is 31.1 Å². The number of benzene rings is 2. The largest absolute Gasteiger partial charge is 0.493 e. The van der Waals surface area contributed by atoms with E-state index >= 15 is 0 Å². The van der Waals surface area contributed by atoms with E-state index in [2.05, 4.69) is 26.3 Å². The zero-order chi connectivity index (χ0) is 20.8. The van der Waals surface area contributed by atoms with Crippen LogP contribution in [0.15, 0.2) is 42.5 Å². The van der Waals surface area contributed by atoms with Crippen LogP contribution in [0.1, 0.15) is 10.4 Å². The van der Waals surface area contributed by atoms with E-state index in [4.69, 9.17) is 21.1 Å². The average molecular weight is 417 g/mol. The minimum Gasteiger partial charge on any atom is -0.493 e. The molecule has 0 aliphatic heterocycles. The topological polar surface area (TPSA) is 120 Å². The van der Waals surface area contributed by atoms with Crippen molar-refractivity contribution in [3.05, 3.63) is 53.1 Å². The molecule has 3 aromatic rings. The van der Waals surface area contributed by atoms with Crippen molar-refractivity contribution in [3.8, 4) is 22.9 Å². The molecule has 0 bridgehead atoms. The molecule has 11 heteroatoms. The maximum Gasteiger partial charge on any atom is 0.269 e. The van der Waals surface area contributed by atoms with Crippen molar-refractivity contribution < 1.29 is 19.1 Å². The number of tetrazole rings is 1. The number of hydrogen-bond acceptors (Lipinski definition) is 7. The van der Waals surface area contributed by atoms with Crippen molar-refractivity contribution in [1.29, 1.82) is 0 Å². The van der Waals surface area contributed by atoms with E-state index < -0.39 is 11.8 Å². The summed E-state index contributed by atoms with van der Waals surface area (Å²) in [5.74, 6) is -0.139. The van der Waals surface area contributed by atoms with Gasteiger partial charge in [-0.2, -0.15) is 4.80 Å². The van der Waals surface area contributed by atoms with Crippen molar-refractivity contribution in [3.63, 3.8) is 0 Å². The molecule has 0 aliphatic carbocycles. The van der Waals surface area contributed by atoms with E-state index in [-0.39, 0.29) is 22.9 Å². The van der Waals surface area contributed by atoms with E-state index in [0.29, 0.717) is 11.6 Å². The number of methoxy groups -OCH3 is 2. The Balaban J connectivity index is 1.59. The van der Waals surface area contributed by atoms with Crippen LogP contribution in [0.5, 0.6) is 11.5 Å². The summed E-state index contributed by atoms with van der Waals surface area (Å²) in [7, 11) is 2.86. The summed E-state index contributed by atoms with van der Waals surface area (Å²) in [6.07, 6.45) is 0. The fraction of sp³-hybridized carbons (Fsp3) is 0.167. The first-order chi connectivity index (χ1) is 14.0. The summed E-state index contributed by atoms with van der Waals surface area (Å²) in [6.45, 7) is -0.229. The highest BCUT2D eigenvalue weighted by atomic mass is 35.5. The molecule has 3 rings (SSSR count). The molecule has 0 aliphatic rings. The summed E-state index contributed by atoms with van der Waals surface area (Å²) in [4.78, 5) is 25.5. The highest BCUT2D eigenvalue weighted by molar-refractivity contribution is 6.32. The second-order valence-electron chi connectivity index (χ2n) is 5.71. The number of hydrazine groups is 1. The Morgan fingerprint density at radius 1 is 1.10 bits per heavy atom. The Morgan fingerprint density at radius 2 is 1.86 bits per heavy atom. The van der Waals surface area contributed by atoms with Crippen LogP contribution in [0.4, 0.5) is 0 Å². The van der Waals surface area contributed by atoms with Gasteiger partial charge in [0.1, 0.15) is 6.54 Å². The molecule has 0 fully saturated rings. The Bertz CT molecular complexity index is 1020. The Hall–Kier alpha value is -3.66. The number of rotatable bonds is 6. The molecule has 29 heavy (non-hydrogen) atoms. The SMILES string of the molecule is COc1cc(C(=O)NNC(=O)Cn2nnc(-c3ccccc3)n2)cc(Cl)c1OC. The van der Waals surface area contributed by atoms with E-state index in [1.54, 1.807) is 0 Å². The van der Waals surface area contributed by atoms with Crippen LogP contribution in [0, 0.1) is 0 Å². The van der Waals surface area contributed by atoms with Gasteiger partial charge in [-0.25, -0.2) is 0 Å². The first kappa shape index (κ1) is 20.1. The summed E-state index contributed by atoms with van der Waals surface area (Å²) in [5, 5.41) is 12.1. The number of aromatic nitrogens is 4. The van der Waals surface area contributed by atoms with Gasteiger partial charge in [-0.15, -0.1) is 10.2 Å². The van der Waals surface area contributed by atoms with Crippen LogP contribution in [-0.2, 0) is 11.3 Å². The summed E-state index contributed by atoms with van der Waals surface area (Å²) in [5.41, 5.74) is 5.53. The molecule has 1 heterocycles. The van der Waals surface area contributed by atoms with Gasteiger partial charge in [-0.1, -0.05) is 41.9 Å². The number of ether oxygens (including phenoxy) is 2. The Morgan fingerprint density at radius 3 is 2.55 bits per heavy atom. The standard InChI is InChI=1S/C18H17ClN6O4/c1-28-14-9-12(8-13(19)16(14)29-2)18(27)22-20-15(26)10-25-23-17(21-24-25)11-6-4-3-5-7-11/h3-9H,10H2,1-2H3,(H,20,26)(H,22,27). The minimum absolute atomic E-state index is 0.179. The van der Waals surface area contributed by atoms with Crippen molar-refractivity contribution >= 4 is 23.4 Å². The zero-order valence-corrected chi connectivity index (χ0v) is 16.3. The lowest BCUT2D eigenvalue weighted by Crippen LogP contribution is -2.43. The lowest BCUT2D eigenvalue weighted by Gasteiger charge is -2.12. The van der Waals surface area contributed by atoms with Gasteiger partial charge in [0.25, 0.3) is 11.8 Å². The fourth-order valence-corrected chi connectivity index (χ4v) is 2.72. The highest BCUT2D eigenvalue weighted by Crippen LogP contribution is 2.35. The number of halogens is 1. The summed E-state index contributed by atoms with van der Waals surface area (Å²) >= 11 is 6.08. The molecule has 0 saturated carbocycles. The summed E-state index contributed by atoms with van der Waals surface area (Å²) < 4.78 is 10.3. The molecule has 150 valence electrons. The predicted molar refractivity (Wildman–Crippen MR) is 103 cm³/mol. The lowest BCUT2D eigenvalue weighted by atomic mass is 10.2. The van der Waals surface area contributed by atoms with Crippen LogP contribution in [0.25, 0.3) is 11.4 Å². The van der Waals surface area contributed by atoms with Gasteiger partial charge in [0.15, 0.2) is 11.5 Å². The van der Waals surface area contributed by atoms with E-state index in [1.165, 1.54) is 26.4 Å². The molecule has 0 radical (unpaired) electrons. The molecular formula is C18H17ClN6O4. The normalized spacial score (nSPS) is 10.3. The zero-order valence-electron chi connectivity index (χ0n) is 15.5. The predicted octanol–water partition coefficient (Wildman–Crippen LogP) is 1.47. The highest BCUT2D eigenvalue weighted by Gasteiger charge is 2.16. The van der Waals surface area contributed by atoms with E-state index in [0.717, 1.165) is 10.4 Å². The van der Waals surface area contributed by atoms with Crippen LogP contribution in [-0.4, -0.2) is 46.2 Å².